The number of piperidine rings is 1. The van der Waals surface area contributed by atoms with Crippen LogP contribution in [0.3, 0.4) is 0 Å². The van der Waals surface area contributed by atoms with Crippen molar-refractivity contribution < 1.29 is 9.90 Å². The van der Waals surface area contributed by atoms with E-state index in [-0.39, 0.29) is 5.56 Å². The first-order valence-electron chi connectivity index (χ1n) is 9.77. The van der Waals surface area contributed by atoms with Crippen molar-refractivity contribution in [2.45, 2.75) is 38.8 Å². The molecule has 0 saturated carbocycles. The summed E-state index contributed by atoms with van der Waals surface area (Å²) in [5.74, 6) is -0.426. The van der Waals surface area contributed by atoms with Gasteiger partial charge in [-0.3, -0.25) is 4.90 Å². The van der Waals surface area contributed by atoms with Crippen LogP contribution in [-0.4, -0.2) is 46.6 Å². The van der Waals surface area contributed by atoms with E-state index in [1.807, 2.05) is 0 Å². The number of nitriles is 1. The smallest absolute Gasteiger partial charge is 0.337 e. The molecule has 6 heteroatoms. The van der Waals surface area contributed by atoms with E-state index in [0.717, 1.165) is 45.4 Å². The Balaban J connectivity index is 1.46. The molecular formula is C22H24N4O2. The van der Waals surface area contributed by atoms with Crippen LogP contribution in [0.2, 0.25) is 0 Å². The Bertz CT molecular complexity index is 942. The highest BCUT2D eigenvalue weighted by molar-refractivity contribution is 5.89. The summed E-state index contributed by atoms with van der Waals surface area (Å²) in [4.78, 5) is 20.5. The van der Waals surface area contributed by atoms with Crippen LogP contribution in [0.5, 0.6) is 0 Å². The van der Waals surface area contributed by atoms with E-state index in [0.29, 0.717) is 23.1 Å². The minimum absolute atomic E-state index is 0.0992. The molecule has 28 heavy (non-hydrogen) atoms. The number of rotatable bonds is 3. The first kappa shape index (κ1) is 18.5. The van der Waals surface area contributed by atoms with E-state index in [4.69, 9.17) is 0 Å². The molecule has 2 aliphatic rings. The number of carboxylic acid groups (broad SMARTS) is 1. The molecule has 1 saturated heterocycles. The maximum absolute atomic E-state index is 11.3. The van der Waals surface area contributed by atoms with Gasteiger partial charge < -0.3 is 10.0 Å². The van der Waals surface area contributed by atoms with Crippen LogP contribution in [0.15, 0.2) is 30.3 Å². The number of carbonyl (C=O) groups is 1. The summed E-state index contributed by atoms with van der Waals surface area (Å²) in [7, 11) is 0. The van der Waals surface area contributed by atoms with Gasteiger partial charge in [-0.15, -0.1) is 0 Å². The second kappa shape index (κ2) is 7.61. The molecule has 0 bridgehead atoms. The second-order valence-electron chi connectivity index (χ2n) is 7.62. The molecule has 1 N–H and O–H groups in total. The summed E-state index contributed by atoms with van der Waals surface area (Å²) in [6.45, 7) is 5.45. The van der Waals surface area contributed by atoms with Gasteiger partial charge in [0, 0.05) is 32.2 Å². The van der Waals surface area contributed by atoms with Gasteiger partial charge in [-0.25, -0.2) is 9.78 Å². The Kier molecular flexibility index (Phi) is 5.01. The normalized spacial score (nSPS) is 17.8. The number of nitrogens with zero attached hydrogens (tertiary/aromatic N) is 4. The molecule has 3 heterocycles. The largest absolute Gasteiger partial charge is 0.478 e. The monoisotopic (exact) mass is 376 g/mol. The molecule has 0 unspecified atom stereocenters. The van der Waals surface area contributed by atoms with Crippen LogP contribution < -0.4 is 4.90 Å². The van der Waals surface area contributed by atoms with E-state index < -0.39 is 5.97 Å². The molecule has 0 amide bonds. The predicted molar refractivity (Wildman–Crippen MR) is 106 cm³/mol. The number of fused-ring (bicyclic) bond motifs is 1. The second-order valence-corrected chi connectivity index (χ2v) is 7.62. The third-order valence-corrected chi connectivity index (χ3v) is 5.98. The van der Waals surface area contributed by atoms with Crippen LogP contribution in [0.25, 0.3) is 0 Å². The molecule has 0 atom stereocenters. The third-order valence-electron chi connectivity index (χ3n) is 5.98. The van der Waals surface area contributed by atoms with Crippen molar-refractivity contribution in [3.05, 3.63) is 58.3 Å². The summed E-state index contributed by atoms with van der Waals surface area (Å²) in [5, 5.41) is 18.7. The number of aromatic carboxylic acids is 1. The zero-order chi connectivity index (χ0) is 19.7. The van der Waals surface area contributed by atoms with E-state index in [9.17, 15) is 15.2 Å². The van der Waals surface area contributed by atoms with Crippen molar-refractivity contribution in [2.24, 2.45) is 0 Å². The first-order valence-corrected chi connectivity index (χ1v) is 9.77. The molecule has 1 aromatic heterocycles. The molecule has 0 spiro atoms. The Labute approximate surface area is 165 Å². The van der Waals surface area contributed by atoms with Crippen molar-refractivity contribution in [3.63, 3.8) is 0 Å². The highest BCUT2D eigenvalue weighted by Gasteiger charge is 2.29. The van der Waals surface area contributed by atoms with Crippen LogP contribution in [0.1, 0.15) is 45.6 Å². The average molecular weight is 376 g/mol. The van der Waals surface area contributed by atoms with Gasteiger partial charge in [-0.2, -0.15) is 5.26 Å². The van der Waals surface area contributed by atoms with Gasteiger partial charge in [-0.1, -0.05) is 24.3 Å². The van der Waals surface area contributed by atoms with Gasteiger partial charge in [0.25, 0.3) is 0 Å². The van der Waals surface area contributed by atoms with Crippen molar-refractivity contribution in [1.29, 1.82) is 5.26 Å². The van der Waals surface area contributed by atoms with Crippen molar-refractivity contribution in [3.8, 4) is 6.07 Å². The number of carboxylic acids is 1. The van der Waals surface area contributed by atoms with Gasteiger partial charge in [0.2, 0.25) is 0 Å². The van der Waals surface area contributed by atoms with Gasteiger partial charge in [0.15, 0.2) is 0 Å². The van der Waals surface area contributed by atoms with Crippen LogP contribution in [-0.2, 0) is 13.0 Å². The number of hydrogen-bond donors (Lipinski definition) is 1. The fourth-order valence-electron chi connectivity index (χ4n) is 4.40. The quantitative estimate of drug-likeness (QED) is 0.887. The van der Waals surface area contributed by atoms with Crippen LogP contribution in [0.4, 0.5) is 5.82 Å². The number of hydrogen-bond acceptors (Lipinski definition) is 5. The lowest BCUT2D eigenvalue weighted by Gasteiger charge is -2.41. The SMILES string of the molecule is Cc1nc(N2CCC(N3CCc4ccccc4C3)CC2)c(C#N)cc1C(=O)O. The molecule has 4 rings (SSSR count). The van der Waals surface area contributed by atoms with Crippen LogP contribution >= 0.6 is 0 Å². The fourth-order valence-corrected chi connectivity index (χ4v) is 4.40. The van der Waals surface area contributed by atoms with Gasteiger partial charge in [0.05, 0.1) is 16.8 Å². The number of pyridine rings is 1. The van der Waals surface area contributed by atoms with Crippen molar-refractivity contribution >= 4 is 11.8 Å². The van der Waals surface area contributed by atoms with Crippen molar-refractivity contribution in [1.82, 2.24) is 9.88 Å². The summed E-state index contributed by atoms with van der Waals surface area (Å²) in [6.07, 6.45) is 3.15. The molecule has 144 valence electrons. The molecule has 1 aromatic carbocycles. The molecule has 6 nitrogen and oxygen atoms in total. The minimum atomic E-state index is -1.04. The number of anilines is 1. The highest BCUT2D eigenvalue weighted by Crippen LogP contribution is 2.28. The van der Waals surface area contributed by atoms with Crippen LogP contribution in [0, 0.1) is 18.3 Å². The minimum Gasteiger partial charge on any atom is -0.478 e. The van der Waals surface area contributed by atoms with Crippen molar-refractivity contribution in [2.75, 3.05) is 24.5 Å². The number of aromatic nitrogens is 1. The Morgan fingerprint density at radius 2 is 1.93 bits per heavy atom. The van der Waals surface area contributed by atoms with E-state index >= 15 is 0 Å². The van der Waals surface area contributed by atoms with E-state index in [1.165, 1.54) is 17.2 Å². The topological polar surface area (TPSA) is 80.5 Å². The lowest BCUT2D eigenvalue weighted by molar-refractivity contribution is 0.0695. The summed E-state index contributed by atoms with van der Waals surface area (Å²) < 4.78 is 0. The van der Waals surface area contributed by atoms with Gasteiger partial charge in [0.1, 0.15) is 11.9 Å². The maximum Gasteiger partial charge on any atom is 0.337 e. The van der Waals surface area contributed by atoms with Gasteiger partial charge in [-0.05, 0) is 43.4 Å². The first-order chi connectivity index (χ1) is 13.6. The zero-order valence-corrected chi connectivity index (χ0v) is 16.1. The Hall–Kier alpha value is -2.91. The molecule has 0 radical (unpaired) electrons. The fraction of sp³-hybridized carbons (Fsp3) is 0.409. The number of aryl methyl sites for hydroxylation is 1. The summed E-state index contributed by atoms with van der Waals surface area (Å²) >= 11 is 0. The Morgan fingerprint density at radius 1 is 1.21 bits per heavy atom. The number of benzene rings is 1. The highest BCUT2D eigenvalue weighted by atomic mass is 16.4. The summed E-state index contributed by atoms with van der Waals surface area (Å²) in [5.41, 5.74) is 3.80. The molecule has 1 fully saturated rings. The summed E-state index contributed by atoms with van der Waals surface area (Å²) in [6, 6.07) is 12.8. The molecule has 2 aliphatic heterocycles. The molecule has 0 aliphatic carbocycles. The Morgan fingerprint density at radius 3 is 2.61 bits per heavy atom. The average Bonchev–Trinajstić information content (AvgIpc) is 2.73. The molecule has 2 aromatic rings. The maximum atomic E-state index is 11.3. The predicted octanol–water partition coefficient (Wildman–Crippen LogP) is 2.99. The standard InChI is InChI=1S/C22H24N4O2/c1-15-20(22(27)28)12-18(13-23)21(24-15)25-10-7-19(8-11-25)26-9-6-16-4-2-3-5-17(16)14-26/h2-5,12,19H,6-11,14H2,1H3,(H,27,28). The van der Waals surface area contributed by atoms with E-state index in [2.05, 4.69) is 45.1 Å². The van der Waals surface area contributed by atoms with Gasteiger partial charge >= 0.3 is 5.97 Å². The third kappa shape index (κ3) is 3.46. The van der Waals surface area contributed by atoms with E-state index in [1.54, 1.807) is 6.92 Å². The molecular weight excluding hydrogens is 352 g/mol. The lowest BCUT2D eigenvalue weighted by Crippen LogP contribution is -2.47. The lowest BCUT2D eigenvalue weighted by atomic mass is 9.95. The zero-order valence-electron chi connectivity index (χ0n) is 16.1.